The number of sulfonamides is 1. The van der Waals surface area contributed by atoms with Crippen LogP contribution in [0.3, 0.4) is 0 Å². The number of benzene rings is 2. The molecular weight excluding hydrogens is 336 g/mol. The van der Waals surface area contributed by atoms with Crippen molar-refractivity contribution in [3.8, 4) is 0 Å². The Kier molecular flexibility index (Phi) is 4.67. The molecule has 0 N–H and O–H groups in total. The smallest absolute Gasteiger partial charge is 0.254 e. The second-order valence-corrected chi connectivity index (χ2v) is 8.66. The number of hydrogen-bond acceptors (Lipinski definition) is 3. The zero-order valence-electron chi connectivity index (χ0n) is 14.7. The van der Waals surface area contributed by atoms with Crippen LogP contribution < -0.4 is 0 Å². The van der Waals surface area contributed by atoms with Gasteiger partial charge in [-0.1, -0.05) is 24.3 Å². The molecule has 3 rings (SSSR count). The molecule has 0 saturated carbocycles. The Hall–Kier alpha value is -2.18. The lowest BCUT2D eigenvalue weighted by Gasteiger charge is -2.30. The van der Waals surface area contributed by atoms with E-state index in [1.807, 2.05) is 37.3 Å². The average Bonchev–Trinajstić information content (AvgIpc) is 2.60. The molecule has 2 aromatic carbocycles. The largest absolute Gasteiger partial charge is 0.334 e. The van der Waals surface area contributed by atoms with Crippen LogP contribution in [0.25, 0.3) is 0 Å². The molecule has 0 unspecified atom stereocenters. The molecule has 6 heteroatoms. The van der Waals surface area contributed by atoms with E-state index in [1.165, 1.54) is 18.4 Å². The van der Waals surface area contributed by atoms with Gasteiger partial charge in [-0.2, -0.15) is 0 Å². The number of nitrogens with zero attached hydrogens (tertiary/aromatic N) is 2. The summed E-state index contributed by atoms with van der Waals surface area (Å²) in [5, 5.41) is 0. The maximum atomic E-state index is 12.8. The lowest BCUT2D eigenvalue weighted by atomic mass is 9.98. The maximum absolute atomic E-state index is 12.8. The first-order valence-corrected chi connectivity index (χ1v) is 9.64. The van der Waals surface area contributed by atoms with Crippen molar-refractivity contribution in [2.45, 2.75) is 24.8 Å². The van der Waals surface area contributed by atoms with E-state index in [1.54, 1.807) is 17.0 Å². The van der Waals surface area contributed by atoms with Crippen molar-refractivity contribution in [3.63, 3.8) is 0 Å². The average molecular weight is 358 g/mol. The summed E-state index contributed by atoms with van der Waals surface area (Å²) in [6.45, 7) is 2.99. The first-order valence-electron chi connectivity index (χ1n) is 8.20. The molecule has 1 aliphatic rings. The molecule has 5 nitrogen and oxygen atoms in total. The lowest BCUT2D eigenvalue weighted by Crippen LogP contribution is -2.36. The van der Waals surface area contributed by atoms with Gasteiger partial charge in [0.15, 0.2) is 0 Å². The Balaban J connectivity index is 1.90. The highest BCUT2D eigenvalue weighted by Crippen LogP contribution is 2.25. The molecule has 0 radical (unpaired) electrons. The Bertz CT molecular complexity index is 920. The van der Waals surface area contributed by atoms with E-state index in [2.05, 4.69) is 0 Å². The van der Waals surface area contributed by atoms with Crippen LogP contribution in [0.2, 0.25) is 0 Å². The molecule has 0 saturated heterocycles. The van der Waals surface area contributed by atoms with Crippen molar-refractivity contribution in [2.75, 3.05) is 20.6 Å². The van der Waals surface area contributed by atoms with E-state index in [4.69, 9.17) is 0 Å². The Morgan fingerprint density at radius 2 is 1.80 bits per heavy atom. The number of hydrogen-bond donors (Lipinski definition) is 0. The first-order chi connectivity index (χ1) is 11.8. The molecule has 0 aliphatic carbocycles. The van der Waals surface area contributed by atoms with Crippen LogP contribution in [0.15, 0.2) is 47.4 Å². The van der Waals surface area contributed by atoms with Crippen LogP contribution in [0.5, 0.6) is 0 Å². The molecule has 1 amide bonds. The summed E-state index contributed by atoms with van der Waals surface area (Å²) in [5.74, 6) is -0.00961. The second-order valence-electron chi connectivity index (χ2n) is 6.51. The lowest BCUT2D eigenvalue weighted by molar-refractivity contribution is 0.0734. The summed E-state index contributed by atoms with van der Waals surface area (Å²) in [5.41, 5.74) is 3.65. The van der Waals surface area contributed by atoms with Gasteiger partial charge >= 0.3 is 0 Å². The molecule has 2 aromatic rings. The van der Waals surface area contributed by atoms with E-state index in [-0.39, 0.29) is 10.8 Å². The molecule has 0 fully saturated rings. The molecule has 1 heterocycles. The van der Waals surface area contributed by atoms with Gasteiger partial charge in [-0.05, 0) is 48.2 Å². The summed E-state index contributed by atoms with van der Waals surface area (Å²) in [4.78, 5) is 14.9. The Morgan fingerprint density at radius 3 is 2.48 bits per heavy atom. The van der Waals surface area contributed by atoms with Crippen molar-refractivity contribution in [1.29, 1.82) is 0 Å². The maximum Gasteiger partial charge on any atom is 0.254 e. The third-order valence-electron chi connectivity index (χ3n) is 4.63. The molecule has 0 atom stereocenters. The van der Waals surface area contributed by atoms with Crippen molar-refractivity contribution in [3.05, 3.63) is 64.7 Å². The molecule has 1 aliphatic heterocycles. The van der Waals surface area contributed by atoms with E-state index < -0.39 is 10.0 Å². The van der Waals surface area contributed by atoms with Gasteiger partial charge < -0.3 is 4.90 Å². The number of amides is 1. The fourth-order valence-corrected chi connectivity index (χ4v) is 4.01. The number of carbonyl (C=O) groups is 1. The topological polar surface area (TPSA) is 57.7 Å². The normalized spacial score (nSPS) is 14.5. The van der Waals surface area contributed by atoms with Gasteiger partial charge in [0.1, 0.15) is 0 Å². The standard InChI is InChI=1S/C19H22N2O3S/c1-14-6-4-5-7-18(14)19(22)21-11-10-15-8-9-17(12-16(15)13-21)25(23,24)20(2)3/h4-9,12H,10-11,13H2,1-3H3. The summed E-state index contributed by atoms with van der Waals surface area (Å²) < 4.78 is 25.9. The quantitative estimate of drug-likeness (QED) is 0.847. The van der Waals surface area contributed by atoms with E-state index in [9.17, 15) is 13.2 Å². The summed E-state index contributed by atoms with van der Waals surface area (Å²) in [6, 6.07) is 12.7. The van der Waals surface area contributed by atoms with Crippen LogP contribution in [-0.2, 0) is 23.0 Å². The predicted octanol–water partition coefficient (Wildman–Crippen LogP) is 2.44. The molecule has 132 valence electrons. The van der Waals surface area contributed by atoms with Crippen LogP contribution in [0.4, 0.5) is 0 Å². The van der Waals surface area contributed by atoms with E-state index in [0.717, 1.165) is 23.1 Å². The van der Waals surface area contributed by atoms with Crippen LogP contribution in [-0.4, -0.2) is 44.2 Å². The van der Waals surface area contributed by atoms with Gasteiger partial charge in [-0.25, -0.2) is 12.7 Å². The monoisotopic (exact) mass is 358 g/mol. The summed E-state index contributed by atoms with van der Waals surface area (Å²) in [7, 11) is -0.444. The van der Waals surface area contributed by atoms with Crippen LogP contribution in [0, 0.1) is 6.92 Å². The van der Waals surface area contributed by atoms with Gasteiger partial charge in [0, 0.05) is 32.7 Å². The molecule has 25 heavy (non-hydrogen) atoms. The second kappa shape index (κ2) is 6.61. The van der Waals surface area contributed by atoms with Crippen LogP contribution in [0.1, 0.15) is 27.0 Å². The predicted molar refractivity (Wildman–Crippen MR) is 96.9 cm³/mol. The van der Waals surface area contributed by atoms with E-state index in [0.29, 0.717) is 18.7 Å². The highest BCUT2D eigenvalue weighted by atomic mass is 32.2. The number of rotatable bonds is 3. The fraction of sp³-hybridized carbons (Fsp3) is 0.316. The third-order valence-corrected chi connectivity index (χ3v) is 6.44. The van der Waals surface area contributed by atoms with Crippen molar-refractivity contribution < 1.29 is 13.2 Å². The highest BCUT2D eigenvalue weighted by molar-refractivity contribution is 7.89. The Morgan fingerprint density at radius 1 is 1.08 bits per heavy atom. The van der Waals surface area contributed by atoms with Gasteiger partial charge in [-0.15, -0.1) is 0 Å². The zero-order chi connectivity index (χ0) is 18.2. The van der Waals surface area contributed by atoms with Gasteiger partial charge in [0.2, 0.25) is 10.0 Å². The molecule has 0 bridgehead atoms. The minimum atomic E-state index is -3.48. The van der Waals surface area contributed by atoms with Crippen molar-refractivity contribution in [1.82, 2.24) is 9.21 Å². The fourth-order valence-electron chi connectivity index (χ4n) is 3.06. The summed E-state index contributed by atoms with van der Waals surface area (Å²) in [6.07, 6.45) is 0.731. The zero-order valence-corrected chi connectivity index (χ0v) is 15.5. The van der Waals surface area contributed by atoms with Gasteiger partial charge in [0.25, 0.3) is 5.91 Å². The van der Waals surface area contributed by atoms with Gasteiger partial charge in [-0.3, -0.25) is 4.79 Å². The number of carbonyl (C=O) groups excluding carboxylic acids is 1. The Labute approximate surface area is 148 Å². The molecular formula is C19H22N2O3S. The minimum absolute atomic E-state index is 0.00961. The minimum Gasteiger partial charge on any atom is -0.334 e. The van der Waals surface area contributed by atoms with Crippen molar-refractivity contribution in [2.24, 2.45) is 0 Å². The van der Waals surface area contributed by atoms with E-state index >= 15 is 0 Å². The first kappa shape index (κ1) is 17.6. The molecule has 0 spiro atoms. The number of fused-ring (bicyclic) bond motifs is 1. The van der Waals surface area contributed by atoms with Crippen molar-refractivity contribution >= 4 is 15.9 Å². The third kappa shape index (κ3) is 3.32. The number of aryl methyl sites for hydroxylation is 1. The highest BCUT2D eigenvalue weighted by Gasteiger charge is 2.25. The van der Waals surface area contributed by atoms with Crippen LogP contribution >= 0.6 is 0 Å². The molecule has 0 aromatic heterocycles. The van der Waals surface area contributed by atoms with Gasteiger partial charge in [0.05, 0.1) is 4.90 Å². The summed E-state index contributed by atoms with van der Waals surface area (Å²) >= 11 is 0. The SMILES string of the molecule is Cc1ccccc1C(=O)N1CCc2ccc(S(=O)(=O)N(C)C)cc2C1.